The van der Waals surface area contributed by atoms with Crippen molar-refractivity contribution in [2.75, 3.05) is 12.3 Å². The van der Waals surface area contributed by atoms with Gasteiger partial charge in [0.25, 0.3) is 0 Å². The Morgan fingerprint density at radius 3 is 2.50 bits per heavy atom. The molecule has 0 aliphatic carbocycles. The van der Waals surface area contributed by atoms with E-state index in [0.717, 1.165) is 29.5 Å². The first-order chi connectivity index (χ1) is 15.3. The van der Waals surface area contributed by atoms with Crippen LogP contribution in [0.3, 0.4) is 0 Å². The first kappa shape index (κ1) is 26.6. The lowest BCUT2D eigenvalue weighted by molar-refractivity contribution is -0.139. The van der Waals surface area contributed by atoms with Gasteiger partial charge >= 0.3 is 0 Å². The number of nitrogens with one attached hydrogen (secondary N) is 1. The third-order valence-corrected chi connectivity index (χ3v) is 6.86. The molecule has 1 atom stereocenters. The summed E-state index contributed by atoms with van der Waals surface area (Å²) in [6.07, 6.45) is 2.49. The van der Waals surface area contributed by atoms with Crippen LogP contribution in [0, 0.1) is 6.92 Å². The van der Waals surface area contributed by atoms with E-state index in [-0.39, 0.29) is 17.6 Å². The number of nitrogens with zero attached hydrogens (tertiary/aromatic N) is 1. The van der Waals surface area contributed by atoms with Gasteiger partial charge in [0.15, 0.2) is 0 Å². The Balaban J connectivity index is 2.11. The van der Waals surface area contributed by atoms with Crippen molar-refractivity contribution in [3.05, 3.63) is 69.2 Å². The molecule has 0 aliphatic rings. The summed E-state index contributed by atoms with van der Waals surface area (Å²) in [5.74, 6) is 0.788. The Morgan fingerprint density at radius 2 is 1.84 bits per heavy atom. The van der Waals surface area contributed by atoms with Gasteiger partial charge < -0.3 is 10.2 Å². The molecule has 0 saturated heterocycles. The second kappa shape index (κ2) is 13.8. The second-order valence-corrected chi connectivity index (χ2v) is 9.62. The van der Waals surface area contributed by atoms with Gasteiger partial charge in [0.05, 0.1) is 15.8 Å². The fourth-order valence-electron chi connectivity index (χ4n) is 3.40. The molecule has 2 amide bonds. The van der Waals surface area contributed by atoms with Gasteiger partial charge in [-0.25, -0.2) is 0 Å². The van der Waals surface area contributed by atoms with Crippen molar-refractivity contribution in [2.24, 2.45) is 0 Å². The Morgan fingerprint density at radius 1 is 1.06 bits per heavy atom. The number of hydrogen-bond acceptors (Lipinski definition) is 3. The monoisotopic (exact) mass is 494 g/mol. The first-order valence-electron chi connectivity index (χ1n) is 11.0. The molecule has 174 valence electrons. The normalized spacial score (nSPS) is 11.8. The Bertz CT molecular complexity index is 907. The highest BCUT2D eigenvalue weighted by atomic mass is 35.5. The minimum atomic E-state index is -0.495. The predicted octanol–water partition coefficient (Wildman–Crippen LogP) is 6.26. The van der Waals surface area contributed by atoms with E-state index in [0.29, 0.717) is 35.3 Å². The van der Waals surface area contributed by atoms with Crippen LogP contribution in [0.1, 0.15) is 49.8 Å². The topological polar surface area (TPSA) is 49.4 Å². The molecule has 1 N–H and O–H groups in total. The number of unbranched alkanes of at least 4 members (excludes halogenated alkanes) is 1. The SMILES string of the molecule is CCCCNC(=O)[C@H](CC)N(Cc1cccc(C)c1)C(=O)CSCc1ccc(Cl)c(Cl)c1. The molecule has 0 aromatic heterocycles. The van der Waals surface area contributed by atoms with Crippen molar-refractivity contribution in [2.45, 2.75) is 58.4 Å². The number of halogens is 2. The summed E-state index contributed by atoms with van der Waals surface area (Å²) in [7, 11) is 0. The van der Waals surface area contributed by atoms with Gasteiger partial charge in [-0.05, 0) is 43.0 Å². The molecular formula is C25H32Cl2N2O2S. The van der Waals surface area contributed by atoms with Crippen LogP contribution < -0.4 is 5.32 Å². The van der Waals surface area contributed by atoms with E-state index in [1.54, 1.807) is 11.0 Å². The second-order valence-electron chi connectivity index (χ2n) is 7.82. The molecule has 2 aromatic rings. The molecule has 4 nitrogen and oxygen atoms in total. The average molecular weight is 496 g/mol. The van der Waals surface area contributed by atoms with E-state index in [4.69, 9.17) is 23.2 Å². The van der Waals surface area contributed by atoms with Gasteiger partial charge in [-0.2, -0.15) is 0 Å². The molecule has 32 heavy (non-hydrogen) atoms. The molecule has 2 rings (SSSR count). The summed E-state index contributed by atoms with van der Waals surface area (Å²) in [6, 6.07) is 13.1. The molecule has 0 aliphatic heterocycles. The fraction of sp³-hybridized carbons (Fsp3) is 0.440. The van der Waals surface area contributed by atoms with Crippen LogP contribution in [0.4, 0.5) is 0 Å². The van der Waals surface area contributed by atoms with Gasteiger partial charge in [0.2, 0.25) is 11.8 Å². The molecule has 0 heterocycles. The van der Waals surface area contributed by atoms with E-state index >= 15 is 0 Å². The standard InChI is InChI=1S/C25H32Cl2N2O2S/c1-4-6-12-28-25(31)23(5-2)29(15-19-9-7-8-18(3)13-19)24(30)17-32-16-20-10-11-21(26)22(27)14-20/h7-11,13-14,23H,4-6,12,15-17H2,1-3H3,(H,28,31)/t23-/m0/s1. The molecule has 0 radical (unpaired) electrons. The van der Waals surface area contributed by atoms with Gasteiger partial charge in [0, 0.05) is 18.8 Å². The van der Waals surface area contributed by atoms with E-state index in [1.165, 1.54) is 11.8 Å². The molecule has 0 spiro atoms. The maximum atomic E-state index is 13.3. The van der Waals surface area contributed by atoms with Crippen molar-refractivity contribution in [1.29, 1.82) is 0 Å². The van der Waals surface area contributed by atoms with Gasteiger partial charge in [0.1, 0.15) is 6.04 Å². The molecule has 7 heteroatoms. The zero-order chi connectivity index (χ0) is 23.5. The van der Waals surface area contributed by atoms with Crippen molar-refractivity contribution < 1.29 is 9.59 Å². The summed E-state index contributed by atoms with van der Waals surface area (Å²) in [5, 5.41) is 4.01. The zero-order valence-corrected chi connectivity index (χ0v) is 21.3. The molecule has 0 unspecified atom stereocenters. The smallest absolute Gasteiger partial charge is 0.242 e. The number of amides is 2. The van der Waals surface area contributed by atoms with Crippen LogP contribution in [-0.2, 0) is 21.9 Å². The highest BCUT2D eigenvalue weighted by Crippen LogP contribution is 2.25. The van der Waals surface area contributed by atoms with Crippen molar-refractivity contribution in [1.82, 2.24) is 10.2 Å². The number of thioether (sulfide) groups is 1. The number of aryl methyl sites for hydroxylation is 1. The van der Waals surface area contributed by atoms with E-state index < -0.39 is 6.04 Å². The van der Waals surface area contributed by atoms with Crippen LogP contribution in [0.5, 0.6) is 0 Å². The lowest BCUT2D eigenvalue weighted by Crippen LogP contribution is -2.49. The lowest BCUT2D eigenvalue weighted by Gasteiger charge is -2.30. The molecule has 0 bridgehead atoms. The Hall–Kier alpha value is -1.69. The van der Waals surface area contributed by atoms with Crippen LogP contribution >= 0.6 is 35.0 Å². The minimum absolute atomic E-state index is 0.0472. The van der Waals surface area contributed by atoms with Gasteiger partial charge in [-0.3, -0.25) is 9.59 Å². The zero-order valence-electron chi connectivity index (χ0n) is 19.0. The van der Waals surface area contributed by atoms with Crippen LogP contribution in [-0.4, -0.2) is 35.1 Å². The van der Waals surface area contributed by atoms with Crippen molar-refractivity contribution >= 4 is 46.8 Å². The molecule has 0 fully saturated rings. The largest absolute Gasteiger partial charge is 0.354 e. The van der Waals surface area contributed by atoms with Crippen molar-refractivity contribution in [3.8, 4) is 0 Å². The summed E-state index contributed by atoms with van der Waals surface area (Å²) >= 11 is 13.6. The highest BCUT2D eigenvalue weighted by molar-refractivity contribution is 7.99. The molecule has 2 aromatic carbocycles. The number of rotatable bonds is 12. The van der Waals surface area contributed by atoms with Gasteiger partial charge in [-0.1, -0.05) is 79.4 Å². The van der Waals surface area contributed by atoms with Crippen LogP contribution in [0.25, 0.3) is 0 Å². The quantitative estimate of drug-likeness (QED) is 0.354. The molecule has 0 saturated carbocycles. The highest BCUT2D eigenvalue weighted by Gasteiger charge is 2.28. The lowest BCUT2D eigenvalue weighted by atomic mass is 10.1. The third kappa shape index (κ3) is 8.34. The Labute approximate surface area is 206 Å². The third-order valence-electron chi connectivity index (χ3n) is 5.13. The first-order valence-corrected chi connectivity index (χ1v) is 12.9. The van der Waals surface area contributed by atoms with Crippen LogP contribution in [0.15, 0.2) is 42.5 Å². The fourth-order valence-corrected chi connectivity index (χ4v) is 4.58. The van der Waals surface area contributed by atoms with E-state index in [9.17, 15) is 9.59 Å². The Kier molecular flexibility index (Phi) is 11.4. The number of benzene rings is 2. The maximum Gasteiger partial charge on any atom is 0.242 e. The minimum Gasteiger partial charge on any atom is -0.354 e. The van der Waals surface area contributed by atoms with E-state index in [2.05, 4.69) is 18.3 Å². The number of carbonyl (C=O) groups is 2. The number of hydrogen-bond donors (Lipinski definition) is 1. The van der Waals surface area contributed by atoms with Crippen molar-refractivity contribution in [3.63, 3.8) is 0 Å². The number of carbonyl (C=O) groups excluding carboxylic acids is 2. The summed E-state index contributed by atoms with van der Waals surface area (Å²) in [6.45, 7) is 7.10. The average Bonchev–Trinajstić information content (AvgIpc) is 2.76. The van der Waals surface area contributed by atoms with Crippen LogP contribution in [0.2, 0.25) is 10.0 Å². The maximum absolute atomic E-state index is 13.3. The summed E-state index contributed by atoms with van der Waals surface area (Å²) in [4.78, 5) is 27.9. The molecular weight excluding hydrogens is 463 g/mol. The van der Waals surface area contributed by atoms with Gasteiger partial charge in [-0.15, -0.1) is 11.8 Å². The summed E-state index contributed by atoms with van der Waals surface area (Å²) < 4.78 is 0. The van der Waals surface area contributed by atoms with E-state index in [1.807, 2.05) is 44.2 Å². The summed E-state index contributed by atoms with van der Waals surface area (Å²) in [5.41, 5.74) is 3.16. The predicted molar refractivity (Wildman–Crippen MR) is 136 cm³/mol.